The molecule has 0 spiro atoms. The fraction of sp³-hybridized carbons (Fsp3) is 0.176. The van der Waals surface area contributed by atoms with Crippen LogP contribution in [0.5, 0.6) is 11.5 Å². The number of hydrogen-bond acceptors (Lipinski definition) is 6. The Morgan fingerprint density at radius 2 is 1.89 bits per heavy atom. The van der Waals surface area contributed by atoms with Crippen molar-refractivity contribution in [3.63, 3.8) is 0 Å². The van der Waals surface area contributed by atoms with Crippen LogP contribution in [0, 0.1) is 5.82 Å². The van der Waals surface area contributed by atoms with Gasteiger partial charge in [-0.15, -0.1) is 10.2 Å². The summed E-state index contributed by atoms with van der Waals surface area (Å²) in [5.74, 6) is 6.57. The van der Waals surface area contributed by atoms with Crippen molar-refractivity contribution in [1.82, 2.24) is 14.9 Å². The monoisotopic (exact) mass is 396 g/mol. The fourth-order valence-corrected chi connectivity index (χ4v) is 3.10. The summed E-state index contributed by atoms with van der Waals surface area (Å²) in [4.78, 5) is 0. The number of benzene rings is 2. The molecule has 1 aromatic heterocycles. The number of rotatable bonds is 7. The molecule has 0 fully saturated rings. The highest BCUT2D eigenvalue weighted by Gasteiger charge is 2.14. The molecule has 27 heavy (non-hydrogen) atoms. The van der Waals surface area contributed by atoms with Crippen molar-refractivity contribution in [2.24, 2.45) is 0 Å². The van der Waals surface area contributed by atoms with Gasteiger partial charge in [-0.1, -0.05) is 17.8 Å². The van der Waals surface area contributed by atoms with Gasteiger partial charge in [0.2, 0.25) is 5.16 Å². The van der Waals surface area contributed by atoms with Gasteiger partial charge in [0.25, 0.3) is 0 Å². The van der Waals surface area contributed by atoms with Crippen molar-refractivity contribution < 1.29 is 22.6 Å². The maximum absolute atomic E-state index is 13.7. The van der Waals surface area contributed by atoms with Gasteiger partial charge >= 0.3 is 6.61 Å². The molecule has 142 valence electrons. The van der Waals surface area contributed by atoms with Crippen LogP contribution in [0.4, 0.5) is 13.2 Å². The van der Waals surface area contributed by atoms with Crippen molar-refractivity contribution >= 4 is 11.8 Å². The molecule has 0 aliphatic carbocycles. The predicted octanol–water partition coefficient (Wildman–Crippen LogP) is 3.70. The summed E-state index contributed by atoms with van der Waals surface area (Å²) in [6.45, 7) is -2.89. The number of hydrogen-bond donors (Lipinski definition) is 1. The lowest BCUT2D eigenvalue weighted by Gasteiger charge is -2.07. The van der Waals surface area contributed by atoms with Crippen LogP contribution in [0.3, 0.4) is 0 Å². The van der Waals surface area contributed by atoms with Crippen LogP contribution < -0.4 is 15.3 Å². The number of nitrogens with two attached hydrogens (primary N) is 1. The predicted molar refractivity (Wildman–Crippen MR) is 94.8 cm³/mol. The molecule has 1 heterocycles. The number of alkyl halides is 2. The molecule has 0 radical (unpaired) electrons. The first kappa shape index (κ1) is 18.9. The Kier molecular flexibility index (Phi) is 5.75. The Bertz CT molecular complexity index is 919. The second kappa shape index (κ2) is 8.21. The van der Waals surface area contributed by atoms with Crippen LogP contribution >= 0.6 is 11.8 Å². The molecule has 3 aromatic rings. The van der Waals surface area contributed by atoms with Crippen LogP contribution in [-0.2, 0) is 5.75 Å². The molecule has 0 unspecified atom stereocenters. The van der Waals surface area contributed by atoms with Crippen LogP contribution in [0.15, 0.2) is 47.6 Å². The summed E-state index contributed by atoms with van der Waals surface area (Å²) in [6, 6.07) is 10.6. The second-order valence-corrected chi connectivity index (χ2v) is 6.28. The van der Waals surface area contributed by atoms with E-state index in [1.54, 1.807) is 24.3 Å². The van der Waals surface area contributed by atoms with Gasteiger partial charge in [-0.2, -0.15) is 8.78 Å². The minimum absolute atomic E-state index is 0.0352. The minimum Gasteiger partial charge on any atom is -0.494 e. The van der Waals surface area contributed by atoms with Crippen molar-refractivity contribution in [1.29, 1.82) is 0 Å². The number of nitrogens with zero attached hydrogens (tertiary/aromatic N) is 3. The van der Waals surface area contributed by atoms with Gasteiger partial charge in [0, 0.05) is 11.3 Å². The summed E-state index contributed by atoms with van der Waals surface area (Å²) in [5.41, 5.74) is 1.32. The lowest BCUT2D eigenvalue weighted by atomic mass is 10.2. The molecule has 0 aliphatic rings. The number of methoxy groups -OCH3 is 1. The zero-order chi connectivity index (χ0) is 19.4. The van der Waals surface area contributed by atoms with E-state index >= 15 is 0 Å². The van der Waals surface area contributed by atoms with E-state index in [9.17, 15) is 13.2 Å². The van der Waals surface area contributed by atoms with Gasteiger partial charge in [-0.05, 0) is 42.0 Å². The summed E-state index contributed by atoms with van der Waals surface area (Å²) in [6.07, 6.45) is 0. The van der Waals surface area contributed by atoms with Gasteiger partial charge < -0.3 is 15.3 Å². The van der Waals surface area contributed by atoms with E-state index in [-0.39, 0.29) is 11.5 Å². The van der Waals surface area contributed by atoms with Gasteiger partial charge in [0.1, 0.15) is 5.75 Å². The van der Waals surface area contributed by atoms with E-state index in [0.29, 0.717) is 22.3 Å². The van der Waals surface area contributed by atoms with Crippen molar-refractivity contribution in [3.05, 3.63) is 53.8 Å². The normalized spacial score (nSPS) is 11.0. The average Bonchev–Trinajstić information content (AvgIpc) is 3.01. The maximum Gasteiger partial charge on any atom is 0.387 e. The Labute approximate surface area is 157 Å². The zero-order valence-electron chi connectivity index (χ0n) is 14.1. The summed E-state index contributed by atoms with van der Waals surface area (Å²) in [7, 11) is 1.40. The average molecular weight is 396 g/mol. The first-order chi connectivity index (χ1) is 13.0. The SMILES string of the molecule is COc1ccc(CSc2nnc(-c3ccc(OC(F)F)cc3)n2N)cc1F. The van der Waals surface area contributed by atoms with Crippen LogP contribution in [-0.4, -0.2) is 28.6 Å². The number of ether oxygens (including phenoxy) is 2. The van der Waals surface area contributed by atoms with E-state index in [1.165, 1.54) is 41.7 Å². The molecule has 2 aromatic carbocycles. The zero-order valence-corrected chi connectivity index (χ0v) is 14.9. The van der Waals surface area contributed by atoms with Crippen LogP contribution in [0.2, 0.25) is 0 Å². The summed E-state index contributed by atoms with van der Waals surface area (Å²) in [5, 5.41) is 8.46. The molecule has 0 bridgehead atoms. The third kappa shape index (κ3) is 4.45. The lowest BCUT2D eigenvalue weighted by Crippen LogP contribution is -2.11. The van der Waals surface area contributed by atoms with Crippen molar-refractivity contribution in [2.75, 3.05) is 13.0 Å². The van der Waals surface area contributed by atoms with E-state index < -0.39 is 12.4 Å². The maximum atomic E-state index is 13.7. The van der Waals surface area contributed by atoms with E-state index in [4.69, 9.17) is 10.6 Å². The van der Waals surface area contributed by atoms with Crippen molar-refractivity contribution in [2.45, 2.75) is 17.5 Å². The first-order valence-corrected chi connectivity index (χ1v) is 8.67. The Balaban J connectivity index is 1.70. The molecule has 0 amide bonds. The van der Waals surface area contributed by atoms with Gasteiger partial charge in [0.05, 0.1) is 7.11 Å². The Hall–Kier alpha value is -2.88. The largest absolute Gasteiger partial charge is 0.494 e. The van der Waals surface area contributed by atoms with Crippen molar-refractivity contribution in [3.8, 4) is 22.9 Å². The highest BCUT2D eigenvalue weighted by Crippen LogP contribution is 2.27. The molecule has 10 heteroatoms. The molecule has 0 saturated heterocycles. The number of aromatic nitrogens is 3. The summed E-state index contributed by atoms with van der Waals surface area (Å²) < 4.78 is 48.6. The fourth-order valence-electron chi connectivity index (χ4n) is 2.31. The Morgan fingerprint density at radius 3 is 2.52 bits per heavy atom. The lowest BCUT2D eigenvalue weighted by molar-refractivity contribution is -0.0498. The topological polar surface area (TPSA) is 75.2 Å². The highest BCUT2D eigenvalue weighted by molar-refractivity contribution is 7.98. The van der Waals surface area contributed by atoms with E-state index in [0.717, 1.165) is 5.56 Å². The standard InChI is InChI=1S/C17H15F3N4O2S/c1-25-14-7-2-10(8-13(14)18)9-27-17-23-22-15(24(17)21)11-3-5-12(6-4-11)26-16(19)20/h2-8,16H,9,21H2,1H3. The first-order valence-electron chi connectivity index (χ1n) is 7.69. The van der Waals surface area contributed by atoms with Gasteiger partial charge in [-0.3, -0.25) is 0 Å². The number of halogens is 3. The van der Waals surface area contributed by atoms with Gasteiger partial charge in [0.15, 0.2) is 17.4 Å². The molecular weight excluding hydrogens is 381 g/mol. The third-order valence-corrected chi connectivity index (χ3v) is 4.60. The van der Waals surface area contributed by atoms with Gasteiger partial charge in [-0.25, -0.2) is 9.07 Å². The quantitative estimate of drug-likeness (QED) is 0.485. The highest BCUT2D eigenvalue weighted by atomic mass is 32.2. The van der Waals surface area contributed by atoms with Crippen LogP contribution in [0.25, 0.3) is 11.4 Å². The molecule has 2 N–H and O–H groups in total. The smallest absolute Gasteiger partial charge is 0.387 e. The third-order valence-electron chi connectivity index (χ3n) is 3.59. The second-order valence-electron chi connectivity index (χ2n) is 5.34. The Morgan fingerprint density at radius 1 is 1.15 bits per heavy atom. The van der Waals surface area contributed by atoms with E-state index in [2.05, 4.69) is 14.9 Å². The summed E-state index contributed by atoms with van der Waals surface area (Å²) >= 11 is 1.28. The molecule has 0 atom stereocenters. The molecular formula is C17H15F3N4O2S. The van der Waals surface area contributed by atoms with Crippen LogP contribution in [0.1, 0.15) is 5.56 Å². The molecule has 3 rings (SSSR count). The number of thioether (sulfide) groups is 1. The minimum atomic E-state index is -2.89. The molecule has 0 aliphatic heterocycles. The molecule has 6 nitrogen and oxygen atoms in total. The number of nitrogen functional groups attached to an aromatic ring is 1. The molecule has 0 saturated carbocycles. The van der Waals surface area contributed by atoms with E-state index in [1.807, 2.05) is 0 Å².